The van der Waals surface area contributed by atoms with E-state index in [9.17, 15) is 23.9 Å². The van der Waals surface area contributed by atoms with Crippen molar-refractivity contribution in [3.05, 3.63) is 67.2 Å². The van der Waals surface area contributed by atoms with E-state index in [1.165, 1.54) is 16.8 Å². The van der Waals surface area contributed by atoms with Gasteiger partial charge in [-0.15, -0.1) is 0 Å². The number of amides is 1. The number of aliphatic hydroxyl groups excluding tert-OH is 1. The van der Waals surface area contributed by atoms with E-state index >= 15 is 0 Å². The number of aryl methyl sites for hydroxylation is 1. The zero-order valence-corrected chi connectivity index (χ0v) is 18.0. The van der Waals surface area contributed by atoms with Crippen LogP contribution in [0.15, 0.2) is 34.0 Å². The third-order valence-corrected chi connectivity index (χ3v) is 6.00. The largest absolute Gasteiger partial charge is 0.390 e. The highest BCUT2D eigenvalue weighted by molar-refractivity contribution is 6.33. The van der Waals surface area contributed by atoms with E-state index in [2.05, 4.69) is 5.32 Å². The van der Waals surface area contributed by atoms with Gasteiger partial charge < -0.3 is 19.9 Å². The number of ether oxygens (including phenoxy) is 2. The standard InChI is InChI=1S/C21H23ClFN3O6/c1-11-10-26(16-9-14-17(27)18(14)32-16)21(30)25(20(11)29)5-7-31-6-4-24-19(28)13-3-2-12(23)8-15(13)22/h2-3,8,10,14,16-18,27H,4-7,9H2,1H3,(H,24,28)/t14?,16-,17?,18+/m1/s1. The van der Waals surface area contributed by atoms with Gasteiger partial charge in [-0.2, -0.15) is 0 Å². The first kappa shape index (κ1) is 22.7. The molecule has 0 bridgehead atoms. The molecule has 2 heterocycles. The summed E-state index contributed by atoms with van der Waals surface area (Å²) in [4.78, 5) is 37.3. The molecule has 2 aliphatic rings. The molecule has 9 nitrogen and oxygen atoms in total. The minimum atomic E-state index is -0.533. The first-order valence-electron chi connectivity index (χ1n) is 10.2. The number of carbonyl (C=O) groups is 1. The Balaban J connectivity index is 1.28. The summed E-state index contributed by atoms with van der Waals surface area (Å²) in [6, 6.07) is 3.49. The van der Waals surface area contributed by atoms with E-state index < -0.39 is 35.3 Å². The molecule has 1 amide bonds. The first-order chi connectivity index (χ1) is 15.3. The van der Waals surface area contributed by atoms with E-state index in [0.717, 1.165) is 16.7 Å². The van der Waals surface area contributed by atoms with Crippen LogP contribution in [0, 0.1) is 18.7 Å². The molecule has 32 heavy (non-hydrogen) atoms. The molecule has 11 heteroatoms. The molecule has 0 radical (unpaired) electrons. The molecule has 1 saturated carbocycles. The molecule has 1 aliphatic heterocycles. The lowest BCUT2D eigenvalue weighted by Crippen LogP contribution is -2.43. The Morgan fingerprint density at radius 2 is 2.16 bits per heavy atom. The van der Waals surface area contributed by atoms with Gasteiger partial charge in [0.2, 0.25) is 0 Å². The number of halogens is 2. The van der Waals surface area contributed by atoms with Gasteiger partial charge in [0.05, 0.1) is 42.6 Å². The lowest BCUT2D eigenvalue weighted by Gasteiger charge is -2.19. The maximum atomic E-state index is 13.1. The predicted octanol–water partition coefficient (Wildman–Crippen LogP) is 0.836. The van der Waals surface area contributed by atoms with Crippen LogP contribution in [0.1, 0.15) is 28.6 Å². The normalized spacial score (nSPS) is 23.8. The Morgan fingerprint density at radius 1 is 1.38 bits per heavy atom. The lowest BCUT2D eigenvalue weighted by atomic mass is 10.2. The van der Waals surface area contributed by atoms with Crippen LogP contribution in [0.3, 0.4) is 0 Å². The van der Waals surface area contributed by atoms with E-state index in [1.54, 1.807) is 6.92 Å². The average molecular weight is 468 g/mol. The number of nitrogens with one attached hydrogen (secondary N) is 1. The van der Waals surface area contributed by atoms with Crippen molar-refractivity contribution in [2.75, 3.05) is 19.8 Å². The summed E-state index contributed by atoms with van der Waals surface area (Å²) in [5.74, 6) is -0.957. The van der Waals surface area contributed by atoms with Gasteiger partial charge in [0.25, 0.3) is 11.5 Å². The molecule has 2 N–H and O–H groups in total. The van der Waals surface area contributed by atoms with Crippen LogP contribution in [0.2, 0.25) is 5.02 Å². The van der Waals surface area contributed by atoms with Crippen LogP contribution < -0.4 is 16.6 Å². The lowest BCUT2D eigenvalue weighted by molar-refractivity contribution is -0.0125. The fourth-order valence-corrected chi connectivity index (χ4v) is 4.11. The van der Waals surface area contributed by atoms with Gasteiger partial charge in [0, 0.05) is 30.6 Å². The molecule has 1 aromatic heterocycles. The van der Waals surface area contributed by atoms with Crippen LogP contribution in [0.25, 0.3) is 0 Å². The number of aromatic nitrogens is 2. The summed E-state index contributed by atoms with van der Waals surface area (Å²) >= 11 is 5.86. The molecule has 1 aromatic carbocycles. The number of aliphatic hydroxyl groups is 1. The minimum absolute atomic E-state index is 0.0107. The summed E-state index contributed by atoms with van der Waals surface area (Å²) in [6.07, 6.45) is 0.802. The Kier molecular flexibility index (Phi) is 6.47. The molecular weight excluding hydrogens is 445 g/mol. The topological polar surface area (TPSA) is 112 Å². The second-order valence-electron chi connectivity index (χ2n) is 7.90. The van der Waals surface area contributed by atoms with E-state index in [0.29, 0.717) is 12.0 Å². The molecule has 1 saturated heterocycles. The summed E-state index contributed by atoms with van der Waals surface area (Å²) in [5.41, 5.74) is -0.349. The third-order valence-electron chi connectivity index (χ3n) is 5.69. The van der Waals surface area contributed by atoms with Crippen LogP contribution in [-0.4, -0.2) is 52.1 Å². The number of fused-ring (bicyclic) bond motifs is 1. The molecule has 0 spiro atoms. The maximum Gasteiger partial charge on any atom is 0.333 e. The van der Waals surface area contributed by atoms with Crippen molar-refractivity contribution < 1.29 is 23.8 Å². The highest BCUT2D eigenvalue weighted by Crippen LogP contribution is 2.49. The first-order valence-corrected chi connectivity index (χ1v) is 10.6. The van der Waals surface area contributed by atoms with Crippen molar-refractivity contribution in [2.45, 2.75) is 38.3 Å². The number of hydrogen-bond donors (Lipinski definition) is 2. The second-order valence-corrected chi connectivity index (χ2v) is 8.30. The third kappa shape index (κ3) is 4.49. The summed E-state index contributed by atoms with van der Waals surface area (Å²) in [5, 5.41) is 12.2. The molecule has 2 unspecified atom stereocenters. The van der Waals surface area contributed by atoms with Crippen molar-refractivity contribution in [3.63, 3.8) is 0 Å². The average Bonchev–Trinajstić information content (AvgIpc) is 3.14. The van der Waals surface area contributed by atoms with E-state index in [1.807, 2.05) is 0 Å². The van der Waals surface area contributed by atoms with Gasteiger partial charge in [-0.1, -0.05) is 11.6 Å². The maximum absolute atomic E-state index is 13.1. The van der Waals surface area contributed by atoms with Crippen molar-refractivity contribution in [2.24, 2.45) is 5.92 Å². The highest BCUT2D eigenvalue weighted by Gasteiger charge is 2.58. The summed E-state index contributed by atoms with van der Waals surface area (Å²) in [7, 11) is 0. The van der Waals surface area contributed by atoms with Crippen LogP contribution in [0.5, 0.6) is 0 Å². The van der Waals surface area contributed by atoms with Gasteiger partial charge >= 0.3 is 5.69 Å². The monoisotopic (exact) mass is 467 g/mol. The van der Waals surface area contributed by atoms with Crippen molar-refractivity contribution in [1.82, 2.24) is 14.5 Å². The molecule has 4 rings (SSSR count). The molecule has 172 valence electrons. The highest BCUT2D eigenvalue weighted by atomic mass is 35.5. The van der Waals surface area contributed by atoms with Crippen LogP contribution >= 0.6 is 11.6 Å². The van der Waals surface area contributed by atoms with Gasteiger partial charge in [-0.25, -0.2) is 9.18 Å². The fraction of sp³-hybridized carbons (Fsp3) is 0.476. The minimum Gasteiger partial charge on any atom is -0.390 e. The summed E-state index contributed by atoms with van der Waals surface area (Å²) < 4.78 is 26.7. The molecule has 4 atom stereocenters. The van der Waals surface area contributed by atoms with E-state index in [-0.39, 0.29) is 48.9 Å². The number of rotatable bonds is 8. The molecule has 2 fully saturated rings. The Hall–Kier alpha value is -2.53. The Bertz CT molecular complexity index is 1140. The van der Waals surface area contributed by atoms with Crippen molar-refractivity contribution in [1.29, 1.82) is 0 Å². The van der Waals surface area contributed by atoms with Crippen LogP contribution in [-0.2, 0) is 16.0 Å². The quantitative estimate of drug-likeness (QED) is 0.556. The predicted molar refractivity (Wildman–Crippen MR) is 112 cm³/mol. The number of carbonyl (C=O) groups excluding carboxylic acids is 1. The Labute approximate surface area is 187 Å². The zero-order chi connectivity index (χ0) is 23.0. The smallest absolute Gasteiger partial charge is 0.333 e. The SMILES string of the molecule is Cc1cn([C@H]2CC3C(O)[C@H]3O2)c(=O)n(CCOCCNC(=O)c2ccc(F)cc2Cl)c1=O. The molecular formula is C21H23ClFN3O6. The molecule has 2 aromatic rings. The van der Waals surface area contributed by atoms with Crippen molar-refractivity contribution in [3.8, 4) is 0 Å². The fourth-order valence-electron chi connectivity index (χ4n) is 3.85. The Morgan fingerprint density at radius 3 is 2.84 bits per heavy atom. The van der Waals surface area contributed by atoms with Gasteiger partial charge in [-0.05, 0) is 25.1 Å². The van der Waals surface area contributed by atoms with Gasteiger partial charge in [-0.3, -0.25) is 18.7 Å². The zero-order valence-electron chi connectivity index (χ0n) is 17.3. The van der Waals surface area contributed by atoms with E-state index in [4.69, 9.17) is 21.1 Å². The number of nitrogens with zero attached hydrogens (tertiary/aromatic N) is 2. The number of hydrogen-bond acceptors (Lipinski definition) is 6. The molecule has 1 aliphatic carbocycles. The number of benzene rings is 1. The van der Waals surface area contributed by atoms with Gasteiger partial charge in [0.15, 0.2) is 0 Å². The second kappa shape index (κ2) is 9.14. The van der Waals surface area contributed by atoms with Crippen LogP contribution in [0.4, 0.5) is 4.39 Å². The summed E-state index contributed by atoms with van der Waals surface area (Å²) in [6.45, 7) is 2.06. The van der Waals surface area contributed by atoms with Gasteiger partial charge in [0.1, 0.15) is 12.0 Å². The van der Waals surface area contributed by atoms with Crippen molar-refractivity contribution >= 4 is 17.5 Å².